The van der Waals surface area contributed by atoms with Gasteiger partial charge in [-0.15, -0.1) is 11.8 Å². The van der Waals surface area contributed by atoms with E-state index in [-0.39, 0.29) is 0 Å². The molecule has 17 heavy (non-hydrogen) atoms. The SMILES string of the molecule is Cn1nccc1CCSc1c(N)cccc1Cl. The summed E-state index contributed by atoms with van der Waals surface area (Å²) in [5, 5.41) is 4.86. The third-order valence-corrected chi connectivity index (χ3v) is 4.10. The quantitative estimate of drug-likeness (QED) is 0.684. The van der Waals surface area contributed by atoms with Crippen molar-refractivity contribution in [1.82, 2.24) is 9.78 Å². The summed E-state index contributed by atoms with van der Waals surface area (Å²) in [7, 11) is 1.95. The van der Waals surface area contributed by atoms with Gasteiger partial charge in [0.1, 0.15) is 0 Å². The summed E-state index contributed by atoms with van der Waals surface area (Å²) < 4.78 is 1.89. The van der Waals surface area contributed by atoms with Gasteiger partial charge in [0.05, 0.1) is 5.02 Å². The highest BCUT2D eigenvalue weighted by Gasteiger charge is 2.06. The number of hydrogen-bond donors (Lipinski definition) is 1. The second-order valence-corrected chi connectivity index (χ2v) is 5.22. The summed E-state index contributed by atoms with van der Waals surface area (Å²) in [6.07, 6.45) is 2.76. The normalized spacial score (nSPS) is 10.7. The van der Waals surface area contributed by atoms with E-state index in [2.05, 4.69) is 5.10 Å². The summed E-state index contributed by atoms with van der Waals surface area (Å²) in [4.78, 5) is 0.969. The number of nitrogens with two attached hydrogens (primary N) is 1. The summed E-state index contributed by atoms with van der Waals surface area (Å²) >= 11 is 7.79. The highest BCUT2D eigenvalue weighted by Crippen LogP contribution is 2.32. The van der Waals surface area contributed by atoms with Gasteiger partial charge in [-0.1, -0.05) is 17.7 Å². The maximum Gasteiger partial charge on any atom is 0.0562 e. The monoisotopic (exact) mass is 267 g/mol. The molecule has 0 aliphatic carbocycles. The zero-order chi connectivity index (χ0) is 12.3. The second-order valence-electron chi connectivity index (χ2n) is 3.70. The van der Waals surface area contributed by atoms with Gasteiger partial charge in [-0.05, 0) is 24.6 Å². The van der Waals surface area contributed by atoms with Crippen LogP contribution >= 0.6 is 23.4 Å². The van der Waals surface area contributed by atoms with Gasteiger partial charge in [0, 0.05) is 35.3 Å². The third-order valence-electron chi connectivity index (χ3n) is 2.52. The molecule has 0 saturated carbocycles. The minimum absolute atomic E-state index is 0.722. The topological polar surface area (TPSA) is 43.8 Å². The van der Waals surface area contributed by atoms with E-state index in [1.807, 2.05) is 42.2 Å². The van der Waals surface area contributed by atoms with Gasteiger partial charge in [0.25, 0.3) is 0 Å². The van der Waals surface area contributed by atoms with Crippen molar-refractivity contribution in [3.63, 3.8) is 0 Å². The van der Waals surface area contributed by atoms with Crippen molar-refractivity contribution in [2.75, 3.05) is 11.5 Å². The molecule has 0 bridgehead atoms. The van der Waals surface area contributed by atoms with Gasteiger partial charge >= 0.3 is 0 Å². The summed E-state index contributed by atoms with van der Waals surface area (Å²) in [5.41, 5.74) is 7.84. The number of aryl methyl sites for hydroxylation is 2. The number of rotatable bonds is 4. The fraction of sp³-hybridized carbons (Fsp3) is 0.250. The van der Waals surface area contributed by atoms with Crippen molar-refractivity contribution < 1.29 is 0 Å². The molecule has 5 heteroatoms. The number of thioether (sulfide) groups is 1. The molecule has 1 aromatic heterocycles. The molecule has 0 radical (unpaired) electrons. The Morgan fingerprint density at radius 3 is 2.88 bits per heavy atom. The number of halogens is 1. The smallest absolute Gasteiger partial charge is 0.0562 e. The van der Waals surface area contributed by atoms with E-state index in [0.717, 1.165) is 27.8 Å². The lowest BCUT2D eigenvalue weighted by molar-refractivity contribution is 0.720. The fourth-order valence-electron chi connectivity index (χ4n) is 1.58. The Balaban J connectivity index is 1.97. The number of nitrogen functional groups attached to an aromatic ring is 1. The molecule has 0 atom stereocenters. The first kappa shape index (κ1) is 12.3. The lowest BCUT2D eigenvalue weighted by Crippen LogP contribution is -1.99. The van der Waals surface area contributed by atoms with E-state index in [1.54, 1.807) is 11.8 Å². The highest BCUT2D eigenvalue weighted by atomic mass is 35.5. The van der Waals surface area contributed by atoms with Crippen molar-refractivity contribution in [1.29, 1.82) is 0 Å². The molecule has 2 aromatic rings. The molecule has 0 aliphatic rings. The third kappa shape index (κ3) is 2.96. The Morgan fingerprint density at radius 1 is 1.41 bits per heavy atom. The molecule has 0 saturated heterocycles. The first-order valence-corrected chi connectivity index (χ1v) is 6.68. The molecular formula is C12H14ClN3S. The minimum Gasteiger partial charge on any atom is -0.398 e. The van der Waals surface area contributed by atoms with Crippen LogP contribution in [0.1, 0.15) is 5.69 Å². The maximum absolute atomic E-state index is 6.10. The molecule has 1 heterocycles. The molecule has 3 nitrogen and oxygen atoms in total. The van der Waals surface area contributed by atoms with Crippen LogP contribution < -0.4 is 5.73 Å². The Hall–Kier alpha value is -1.13. The molecule has 1 aromatic carbocycles. The predicted molar refractivity (Wildman–Crippen MR) is 73.5 cm³/mol. The Morgan fingerprint density at radius 2 is 2.24 bits per heavy atom. The van der Waals surface area contributed by atoms with Crippen LogP contribution in [-0.2, 0) is 13.5 Å². The molecule has 90 valence electrons. The van der Waals surface area contributed by atoms with Crippen LogP contribution in [0.2, 0.25) is 5.02 Å². The van der Waals surface area contributed by atoms with Crippen LogP contribution in [0.4, 0.5) is 5.69 Å². The largest absolute Gasteiger partial charge is 0.398 e. The van der Waals surface area contributed by atoms with Crippen molar-refractivity contribution >= 4 is 29.1 Å². The zero-order valence-corrected chi connectivity index (χ0v) is 11.1. The summed E-state index contributed by atoms with van der Waals surface area (Å²) in [5.74, 6) is 0.938. The average Bonchev–Trinajstić information content (AvgIpc) is 2.69. The maximum atomic E-state index is 6.10. The molecule has 2 rings (SSSR count). The fourth-order valence-corrected chi connectivity index (χ4v) is 2.88. The second kappa shape index (κ2) is 5.47. The van der Waals surface area contributed by atoms with Crippen LogP contribution in [0.3, 0.4) is 0 Å². The summed E-state index contributed by atoms with van der Waals surface area (Å²) in [6, 6.07) is 7.63. The van der Waals surface area contributed by atoms with Crippen LogP contribution in [0.15, 0.2) is 35.4 Å². The van der Waals surface area contributed by atoms with E-state index in [4.69, 9.17) is 17.3 Å². The van der Waals surface area contributed by atoms with Crippen molar-refractivity contribution in [2.45, 2.75) is 11.3 Å². The predicted octanol–water partition coefficient (Wildman–Crippen LogP) is 2.99. The summed E-state index contributed by atoms with van der Waals surface area (Å²) in [6.45, 7) is 0. The lowest BCUT2D eigenvalue weighted by atomic mass is 10.3. The van der Waals surface area contributed by atoms with E-state index < -0.39 is 0 Å². The number of anilines is 1. The van der Waals surface area contributed by atoms with Gasteiger partial charge in [-0.25, -0.2) is 0 Å². The van der Waals surface area contributed by atoms with E-state index in [0.29, 0.717) is 0 Å². The van der Waals surface area contributed by atoms with Gasteiger partial charge in [0.2, 0.25) is 0 Å². The number of hydrogen-bond acceptors (Lipinski definition) is 3. The Kier molecular flexibility index (Phi) is 3.97. The zero-order valence-electron chi connectivity index (χ0n) is 9.56. The van der Waals surface area contributed by atoms with Crippen molar-refractivity contribution in [2.24, 2.45) is 7.05 Å². The standard InChI is InChI=1S/C12H14ClN3S/c1-16-9(5-7-15-16)6-8-17-12-10(13)3-2-4-11(12)14/h2-5,7H,6,8,14H2,1H3. The number of nitrogens with zero attached hydrogens (tertiary/aromatic N) is 2. The van der Waals surface area contributed by atoms with Crippen LogP contribution in [0, 0.1) is 0 Å². The molecule has 0 spiro atoms. The molecular weight excluding hydrogens is 254 g/mol. The van der Waals surface area contributed by atoms with Gasteiger partial charge in [-0.2, -0.15) is 5.10 Å². The highest BCUT2D eigenvalue weighted by molar-refractivity contribution is 7.99. The van der Waals surface area contributed by atoms with E-state index in [9.17, 15) is 0 Å². The van der Waals surface area contributed by atoms with Crippen molar-refractivity contribution in [3.05, 3.63) is 41.2 Å². The molecule has 0 amide bonds. The van der Waals surface area contributed by atoms with Gasteiger partial charge < -0.3 is 5.73 Å². The van der Waals surface area contributed by atoms with E-state index in [1.165, 1.54) is 5.69 Å². The van der Waals surface area contributed by atoms with E-state index >= 15 is 0 Å². The molecule has 0 unspecified atom stereocenters. The Labute approximate surface area is 110 Å². The van der Waals surface area contributed by atoms with Crippen LogP contribution in [0.25, 0.3) is 0 Å². The van der Waals surface area contributed by atoms with Gasteiger partial charge in [-0.3, -0.25) is 4.68 Å². The van der Waals surface area contributed by atoms with Crippen molar-refractivity contribution in [3.8, 4) is 0 Å². The lowest BCUT2D eigenvalue weighted by Gasteiger charge is -2.07. The Bertz CT molecular complexity index is 490. The number of benzene rings is 1. The first-order chi connectivity index (χ1) is 8.18. The first-order valence-electron chi connectivity index (χ1n) is 5.32. The molecule has 0 fully saturated rings. The molecule has 2 N–H and O–H groups in total. The van der Waals surface area contributed by atoms with Gasteiger partial charge in [0.15, 0.2) is 0 Å². The van der Waals surface area contributed by atoms with Crippen LogP contribution in [0.5, 0.6) is 0 Å². The number of aromatic nitrogens is 2. The molecule has 0 aliphatic heterocycles. The average molecular weight is 268 g/mol. The minimum atomic E-state index is 0.722. The van der Waals surface area contributed by atoms with Crippen LogP contribution in [-0.4, -0.2) is 15.5 Å².